The van der Waals surface area contributed by atoms with Gasteiger partial charge in [-0.05, 0) is 19.4 Å². The highest BCUT2D eigenvalue weighted by atomic mass is 32.2. The Kier molecular flexibility index (Phi) is 3.55. The van der Waals surface area contributed by atoms with E-state index in [9.17, 15) is 4.79 Å². The third-order valence-corrected chi connectivity index (χ3v) is 3.06. The van der Waals surface area contributed by atoms with Gasteiger partial charge in [-0.2, -0.15) is 0 Å². The molecule has 0 fully saturated rings. The first-order valence-corrected chi connectivity index (χ1v) is 5.27. The zero-order valence-corrected chi connectivity index (χ0v) is 8.80. The Bertz CT molecular complexity index is 267. The predicted molar refractivity (Wildman–Crippen MR) is 57.9 cm³/mol. The van der Waals surface area contributed by atoms with Crippen LogP contribution in [0.25, 0.3) is 0 Å². The van der Waals surface area contributed by atoms with Crippen LogP contribution in [0.2, 0.25) is 0 Å². The summed E-state index contributed by atoms with van der Waals surface area (Å²) in [6.45, 7) is 3.88. The van der Waals surface area contributed by atoms with Gasteiger partial charge in [0.1, 0.15) is 6.29 Å². The lowest BCUT2D eigenvalue weighted by molar-refractivity contribution is -0.109. The minimum absolute atomic E-state index is 0.268. The van der Waals surface area contributed by atoms with Crippen LogP contribution in [0, 0.1) is 0 Å². The van der Waals surface area contributed by atoms with Crippen LogP contribution >= 0.6 is 11.8 Å². The Labute approximate surface area is 83.5 Å². The second-order valence-electron chi connectivity index (χ2n) is 3.50. The lowest BCUT2D eigenvalue weighted by atomic mass is 10.2. The Morgan fingerprint density at radius 2 is 1.92 bits per heavy atom. The summed E-state index contributed by atoms with van der Waals surface area (Å²) in [6.07, 6.45) is 1.00. The van der Waals surface area contributed by atoms with Crippen LogP contribution in [-0.2, 0) is 10.5 Å². The van der Waals surface area contributed by atoms with E-state index in [0.717, 1.165) is 12.0 Å². The molecule has 70 valence electrons. The number of rotatable bonds is 4. The molecule has 0 aliphatic carbocycles. The van der Waals surface area contributed by atoms with E-state index in [1.54, 1.807) is 11.8 Å². The molecule has 0 unspecified atom stereocenters. The largest absolute Gasteiger partial charge is 0.302 e. The van der Waals surface area contributed by atoms with Gasteiger partial charge in [0.05, 0.1) is 4.75 Å². The Morgan fingerprint density at radius 3 is 2.46 bits per heavy atom. The summed E-state index contributed by atoms with van der Waals surface area (Å²) < 4.78 is -0.268. The molecule has 0 radical (unpaired) electrons. The highest BCUT2D eigenvalue weighted by Gasteiger charge is 2.16. The van der Waals surface area contributed by atoms with Crippen LogP contribution in [0.4, 0.5) is 0 Å². The number of hydrogen-bond acceptors (Lipinski definition) is 2. The summed E-state index contributed by atoms with van der Waals surface area (Å²) in [5.74, 6) is 0.895. The van der Waals surface area contributed by atoms with E-state index in [4.69, 9.17) is 0 Å². The molecule has 0 atom stereocenters. The molecule has 13 heavy (non-hydrogen) atoms. The van der Waals surface area contributed by atoms with Crippen molar-refractivity contribution in [3.05, 3.63) is 35.9 Å². The molecule has 0 saturated carbocycles. The normalized spacial score (nSPS) is 11.2. The van der Waals surface area contributed by atoms with Gasteiger partial charge in [-0.3, -0.25) is 0 Å². The molecule has 0 bridgehead atoms. The zero-order chi connectivity index (χ0) is 9.73. The second-order valence-corrected chi connectivity index (χ2v) is 5.13. The van der Waals surface area contributed by atoms with E-state index < -0.39 is 0 Å². The zero-order valence-electron chi connectivity index (χ0n) is 7.99. The standard InChI is InChI=1S/C11H14OS/c1-11(2,9-12)13-8-10-6-4-3-5-7-10/h3-7,9H,8H2,1-2H3. The third-order valence-electron chi connectivity index (χ3n) is 1.74. The number of aldehydes is 1. The molecule has 2 heteroatoms. The van der Waals surface area contributed by atoms with Gasteiger partial charge in [-0.1, -0.05) is 30.3 Å². The van der Waals surface area contributed by atoms with E-state index >= 15 is 0 Å². The van der Waals surface area contributed by atoms with Crippen LogP contribution < -0.4 is 0 Å². The molecule has 1 nitrogen and oxygen atoms in total. The van der Waals surface area contributed by atoms with E-state index in [-0.39, 0.29) is 4.75 Å². The molecular formula is C11H14OS. The molecule has 1 aromatic rings. The van der Waals surface area contributed by atoms with Crippen molar-refractivity contribution in [3.8, 4) is 0 Å². The molecule has 0 aliphatic rings. The number of benzene rings is 1. The minimum atomic E-state index is -0.268. The molecule has 0 N–H and O–H groups in total. The van der Waals surface area contributed by atoms with E-state index in [1.807, 2.05) is 32.0 Å². The number of carbonyl (C=O) groups excluding carboxylic acids is 1. The fraction of sp³-hybridized carbons (Fsp3) is 0.364. The maximum atomic E-state index is 10.6. The van der Waals surface area contributed by atoms with Gasteiger partial charge >= 0.3 is 0 Å². The monoisotopic (exact) mass is 194 g/mol. The van der Waals surface area contributed by atoms with Crippen LogP contribution in [-0.4, -0.2) is 11.0 Å². The van der Waals surface area contributed by atoms with Crippen molar-refractivity contribution < 1.29 is 4.79 Å². The first-order chi connectivity index (χ1) is 6.14. The van der Waals surface area contributed by atoms with Crippen LogP contribution in [0.1, 0.15) is 19.4 Å². The quantitative estimate of drug-likeness (QED) is 0.685. The van der Waals surface area contributed by atoms with Crippen LogP contribution in [0.3, 0.4) is 0 Å². The smallest absolute Gasteiger partial charge is 0.135 e. The number of thioether (sulfide) groups is 1. The van der Waals surface area contributed by atoms with Crippen molar-refractivity contribution in [1.29, 1.82) is 0 Å². The Hall–Kier alpha value is -0.760. The van der Waals surface area contributed by atoms with E-state index in [0.29, 0.717) is 0 Å². The fourth-order valence-corrected chi connectivity index (χ4v) is 1.68. The molecule has 0 aromatic heterocycles. The SMILES string of the molecule is CC(C)(C=O)SCc1ccccc1. The summed E-state index contributed by atoms with van der Waals surface area (Å²) >= 11 is 1.66. The molecule has 0 saturated heterocycles. The van der Waals surface area contributed by atoms with Crippen molar-refractivity contribution in [2.75, 3.05) is 0 Å². The summed E-state index contributed by atoms with van der Waals surface area (Å²) in [5.41, 5.74) is 1.27. The number of carbonyl (C=O) groups is 1. The molecular weight excluding hydrogens is 180 g/mol. The maximum Gasteiger partial charge on any atom is 0.135 e. The van der Waals surface area contributed by atoms with E-state index in [1.165, 1.54) is 5.56 Å². The number of hydrogen-bond donors (Lipinski definition) is 0. The highest BCUT2D eigenvalue weighted by molar-refractivity contribution is 8.00. The van der Waals surface area contributed by atoms with Gasteiger partial charge in [0.15, 0.2) is 0 Å². The average molecular weight is 194 g/mol. The van der Waals surface area contributed by atoms with Gasteiger partial charge < -0.3 is 4.79 Å². The third kappa shape index (κ3) is 3.64. The molecule has 0 spiro atoms. The van der Waals surface area contributed by atoms with Gasteiger partial charge in [-0.25, -0.2) is 0 Å². The first kappa shape index (κ1) is 10.3. The average Bonchev–Trinajstić information content (AvgIpc) is 2.17. The topological polar surface area (TPSA) is 17.1 Å². The molecule has 1 rings (SSSR count). The van der Waals surface area contributed by atoms with Crippen molar-refractivity contribution in [3.63, 3.8) is 0 Å². The van der Waals surface area contributed by atoms with Crippen LogP contribution in [0.15, 0.2) is 30.3 Å². The Morgan fingerprint density at radius 1 is 1.31 bits per heavy atom. The first-order valence-electron chi connectivity index (χ1n) is 4.28. The summed E-state index contributed by atoms with van der Waals surface area (Å²) in [7, 11) is 0. The minimum Gasteiger partial charge on any atom is -0.302 e. The Balaban J connectivity index is 2.48. The van der Waals surface area contributed by atoms with Gasteiger partial charge in [0.2, 0.25) is 0 Å². The van der Waals surface area contributed by atoms with Crippen molar-refractivity contribution in [2.45, 2.75) is 24.3 Å². The van der Waals surface area contributed by atoms with Crippen molar-refractivity contribution in [2.24, 2.45) is 0 Å². The van der Waals surface area contributed by atoms with Gasteiger partial charge in [0, 0.05) is 5.75 Å². The van der Waals surface area contributed by atoms with Gasteiger partial charge in [0.25, 0.3) is 0 Å². The maximum absolute atomic E-state index is 10.6. The van der Waals surface area contributed by atoms with Crippen molar-refractivity contribution >= 4 is 18.0 Å². The lowest BCUT2D eigenvalue weighted by Gasteiger charge is -2.15. The van der Waals surface area contributed by atoms with Crippen molar-refractivity contribution in [1.82, 2.24) is 0 Å². The lowest BCUT2D eigenvalue weighted by Crippen LogP contribution is -2.16. The van der Waals surface area contributed by atoms with Gasteiger partial charge in [-0.15, -0.1) is 11.8 Å². The summed E-state index contributed by atoms with van der Waals surface area (Å²) in [5, 5.41) is 0. The predicted octanol–water partition coefficient (Wildman–Crippen LogP) is 2.90. The fourth-order valence-electron chi connectivity index (χ4n) is 0.878. The molecule has 0 aliphatic heterocycles. The second kappa shape index (κ2) is 4.47. The van der Waals surface area contributed by atoms with E-state index in [2.05, 4.69) is 12.1 Å². The highest BCUT2D eigenvalue weighted by Crippen LogP contribution is 2.25. The molecule has 0 heterocycles. The summed E-state index contributed by atoms with van der Waals surface area (Å²) in [4.78, 5) is 10.6. The molecule has 1 aromatic carbocycles. The summed E-state index contributed by atoms with van der Waals surface area (Å²) in [6, 6.07) is 10.2. The van der Waals surface area contributed by atoms with Crippen LogP contribution in [0.5, 0.6) is 0 Å². The molecule has 0 amide bonds.